The zero-order valence-electron chi connectivity index (χ0n) is 16.4. The quantitative estimate of drug-likeness (QED) is 0.247. The third-order valence-corrected chi connectivity index (χ3v) is 4.30. The summed E-state index contributed by atoms with van der Waals surface area (Å²) >= 11 is 0. The molecule has 0 heterocycles. The summed E-state index contributed by atoms with van der Waals surface area (Å²) in [5, 5.41) is 9.54. The number of benzene rings is 3. The van der Waals surface area contributed by atoms with Crippen LogP contribution in [-0.2, 0) is 0 Å². The summed E-state index contributed by atoms with van der Waals surface area (Å²) in [6.45, 7) is 0. The van der Waals surface area contributed by atoms with Crippen molar-refractivity contribution in [3.8, 4) is 23.3 Å². The van der Waals surface area contributed by atoms with Crippen LogP contribution in [0.2, 0.25) is 0 Å². The lowest BCUT2D eigenvalue weighted by molar-refractivity contribution is 0.0729. The van der Waals surface area contributed by atoms with Crippen LogP contribution in [0.25, 0.3) is 11.6 Å². The highest BCUT2D eigenvalue weighted by molar-refractivity contribution is 5.92. The first-order chi connectivity index (χ1) is 14.5. The van der Waals surface area contributed by atoms with Crippen LogP contribution in [0.3, 0.4) is 0 Å². The van der Waals surface area contributed by atoms with Crippen molar-refractivity contribution in [3.63, 3.8) is 0 Å². The zero-order chi connectivity index (χ0) is 21.5. The van der Waals surface area contributed by atoms with Crippen molar-refractivity contribution in [3.05, 3.63) is 89.2 Å². The number of allylic oxidation sites excluding steroid dienone is 1. The van der Waals surface area contributed by atoms with Crippen molar-refractivity contribution in [1.82, 2.24) is 0 Å². The van der Waals surface area contributed by atoms with Crippen LogP contribution in [0, 0.1) is 17.1 Å². The number of ether oxygens (including phenoxy) is 3. The molecule has 30 heavy (non-hydrogen) atoms. The molecule has 6 heteroatoms. The highest BCUT2D eigenvalue weighted by Gasteiger charge is 2.13. The van der Waals surface area contributed by atoms with Crippen molar-refractivity contribution < 1.29 is 23.4 Å². The zero-order valence-corrected chi connectivity index (χ0v) is 16.4. The van der Waals surface area contributed by atoms with Crippen molar-refractivity contribution in [2.45, 2.75) is 0 Å². The molecule has 0 amide bonds. The Hall–Kier alpha value is -4.11. The minimum Gasteiger partial charge on any atom is -0.497 e. The first-order valence-electron chi connectivity index (χ1n) is 8.96. The minimum atomic E-state index is -0.632. The molecular formula is C24H18FNO4. The van der Waals surface area contributed by atoms with Crippen LogP contribution >= 0.6 is 0 Å². The number of nitrogens with zero attached hydrogens (tertiary/aromatic N) is 1. The predicted molar refractivity (Wildman–Crippen MR) is 111 cm³/mol. The van der Waals surface area contributed by atoms with E-state index in [0.29, 0.717) is 22.6 Å². The van der Waals surface area contributed by atoms with Gasteiger partial charge < -0.3 is 14.2 Å². The van der Waals surface area contributed by atoms with Gasteiger partial charge in [0.2, 0.25) is 0 Å². The van der Waals surface area contributed by atoms with Crippen LogP contribution < -0.4 is 14.2 Å². The number of carbonyl (C=O) groups is 1. The summed E-state index contributed by atoms with van der Waals surface area (Å²) in [5.74, 6) is 0.168. The monoisotopic (exact) mass is 403 g/mol. The van der Waals surface area contributed by atoms with E-state index in [1.807, 2.05) is 0 Å². The van der Waals surface area contributed by atoms with Gasteiger partial charge in [-0.05, 0) is 77.9 Å². The number of hydrogen-bond acceptors (Lipinski definition) is 5. The summed E-state index contributed by atoms with van der Waals surface area (Å²) in [6.07, 6.45) is 1.70. The van der Waals surface area contributed by atoms with E-state index in [1.54, 1.807) is 55.7 Å². The van der Waals surface area contributed by atoms with E-state index in [4.69, 9.17) is 14.2 Å². The SMILES string of the molecule is COc1ccc(/C(C#N)=C\c2ccc(OC(=O)c3ccc(F)cc3)c(OC)c2)cc1. The Morgan fingerprint density at radius 1 is 0.900 bits per heavy atom. The molecule has 3 aromatic carbocycles. The van der Waals surface area contributed by atoms with Crippen LogP contribution in [0.1, 0.15) is 21.5 Å². The first-order valence-corrected chi connectivity index (χ1v) is 8.96. The molecule has 0 aromatic heterocycles. The van der Waals surface area contributed by atoms with E-state index in [1.165, 1.54) is 31.4 Å². The average molecular weight is 403 g/mol. The van der Waals surface area contributed by atoms with E-state index in [-0.39, 0.29) is 11.3 Å². The largest absolute Gasteiger partial charge is 0.497 e. The molecule has 0 fully saturated rings. The molecule has 0 saturated carbocycles. The van der Waals surface area contributed by atoms with Crippen molar-refractivity contribution in [2.24, 2.45) is 0 Å². The Labute approximate surface area is 173 Å². The fourth-order valence-corrected chi connectivity index (χ4v) is 2.72. The van der Waals surface area contributed by atoms with Gasteiger partial charge in [-0.3, -0.25) is 0 Å². The normalized spacial score (nSPS) is 10.8. The highest BCUT2D eigenvalue weighted by atomic mass is 19.1. The fraction of sp³-hybridized carbons (Fsp3) is 0.0833. The smallest absolute Gasteiger partial charge is 0.343 e. The van der Waals surface area contributed by atoms with Gasteiger partial charge in [-0.1, -0.05) is 6.07 Å². The van der Waals surface area contributed by atoms with Crippen molar-refractivity contribution in [1.29, 1.82) is 5.26 Å². The Morgan fingerprint density at radius 3 is 2.17 bits per heavy atom. The van der Waals surface area contributed by atoms with E-state index in [9.17, 15) is 14.4 Å². The average Bonchev–Trinajstić information content (AvgIpc) is 2.78. The summed E-state index contributed by atoms with van der Waals surface area (Å²) in [7, 11) is 3.03. The highest BCUT2D eigenvalue weighted by Crippen LogP contribution is 2.30. The standard InChI is InChI=1S/C24H18FNO4/c1-28-21-10-6-17(7-11-21)19(15-26)13-16-3-12-22(23(14-16)29-2)30-24(27)18-4-8-20(25)9-5-18/h3-14H,1-2H3/b19-13-. The lowest BCUT2D eigenvalue weighted by Gasteiger charge is -2.10. The first kappa shape index (κ1) is 20.6. The predicted octanol–water partition coefficient (Wildman–Crippen LogP) is 5.13. The second kappa shape index (κ2) is 9.39. The van der Waals surface area contributed by atoms with E-state index < -0.39 is 11.8 Å². The lowest BCUT2D eigenvalue weighted by atomic mass is 10.0. The van der Waals surface area contributed by atoms with Gasteiger partial charge in [0, 0.05) is 0 Å². The Kier molecular flexibility index (Phi) is 6.46. The van der Waals surface area contributed by atoms with Gasteiger partial charge in [0.1, 0.15) is 11.6 Å². The van der Waals surface area contributed by atoms with E-state index in [0.717, 1.165) is 5.56 Å². The second-order valence-electron chi connectivity index (χ2n) is 6.21. The van der Waals surface area contributed by atoms with Gasteiger partial charge >= 0.3 is 5.97 Å². The third-order valence-electron chi connectivity index (χ3n) is 4.30. The molecule has 3 aromatic rings. The fourth-order valence-electron chi connectivity index (χ4n) is 2.72. The number of carbonyl (C=O) groups excluding carboxylic acids is 1. The molecule has 0 spiro atoms. The van der Waals surface area contributed by atoms with Crippen LogP contribution in [0.4, 0.5) is 4.39 Å². The molecule has 0 atom stereocenters. The summed E-state index contributed by atoms with van der Waals surface area (Å²) in [5.41, 5.74) is 2.11. The third kappa shape index (κ3) is 4.83. The minimum absolute atomic E-state index is 0.215. The van der Waals surface area contributed by atoms with Gasteiger partial charge in [-0.15, -0.1) is 0 Å². The Balaban J connectivity index is 1.85. The number of esters is 1. The molecule has 0 saturated heterocycles. The van der Waals surface area contributed by atoms with Gasteiger partial charge in [-0.25, -0.2) is 9.18 Å². The van der Waals surface area contributed by atoms with Gasteiger partial charge in [-0.2, -0.15) is 5.26 Å². The molecular weight excluding hydrogens is 385 g/mol. The lowest BCUT2D eigenvalue weighted by Crippen LogP contribution is -2.09. The summed E-state index contributed by atoms with van der Waals surface area (Å²) in [4.78, 5) is 12.3. The second-order valence-corrected chi connectivity index (χ2v) is 6.21. The molecule has 3 rings (SSSR count). The maximum atomic E-state index is 13.0. The number of hydrogen-bond donors (Lipinski definition) is 0. The van der Waals surface area contributed by atoms with Crippen LogP contribution in [-0.4, -0.2) is 20.2 Å². The summed E-state index contributed by atoms with van der Waals surface area (Å²) in [6, 6.07) is 19.3. The maximum absolute atomic E-state index is 13.0. The molecule has 0 radical (unpaired) electrons. The van der Waals surface area contributed by atoms with Crippen molar-refractivity contribution in [2.75, 3.05) is 14.2 Å². The molecule has 0 aliphatic rings. The number of methoxy groups -OCH3 is 2. The molecule has 0 aliphatic heterocycles. The number of halogens is 1. The summed E-state index contributed by atoms with van der Waals surface area (Å²) < 4.78 is 28.9. The molecule has 5 nitrogen and oxygen atoms in total. The van der Waals surface area contributed by atoms with Gasteiger partial charge in [0.05, 0.1) is 31.4 Å². The topological polar surface area (TPSA) is 68.5 Å². The van der Waals surface area contributed by atoms with Gasteiger partial charge in [0.15, 0.2) is 11.5 Å². The molecule has 150 valence electrons. The Bertz CT molecular complexity index is 1110. The van der Waals surface area contributed by atoms with E-state index >= 15 is 0 Å². The van der Waals surface area contributed by atoms with Crippen LogP contribution in [0.5, 0.6) is 17.2 Å². The number of nitriles is 1. The molecule has 0 N–H and O–H groups in total. The Morgan fingerprint density at radius 2 is 1.57 bits per heavy atom. The van der Waals surface area contributed by atoms with Crippen LogP contribution in [0.15, 0.2) is 66.7 Å². The molecule has 0 aliphatic carbocycles. The van der Waals surface area contributed by atoms with E-state index in [2.05, 4.69) is 6.07 Å². The maximum Gasteiger partial charge on any atom is 0.343 e. The van der Waals surface area contributed by atoms with Crippen molar-refractivity contribution >= 4 is 17.6 Å². The molecule has 0 bridgehead atoms. The molecule has 0 unspecified atom stereocenters. The number of rotatable bonds is 6. The van der Waals surface area contributed by atoms with Gasteiger partial charge in [0.25, 0.3) is 0 Å².